The van der Waals surface area contributed by atoms with Crippen molar-refractivity contribution >= 4 is 0 Å². The SMILES string of the molecule is CC.CCCC1(CN2CCC(CC)(CC(C)CN(C)CCN(CC)C(C)CC)CC2)CC1. The first-order valence-electron chi connectivity index (χ1n) is 14.5. The first-order chi connectivity index (χ1) is 15.3. The molecule has 2 fully saturated rings. The van der Waals surface area contributed by atoms with E-state index in [-0.39, 0.29) is 0 Å². The van der Waals surface area contributed by atoms with Crippen LogP contribution in [0.2, 0.25) is 0 Å². The van der Waals surface area contributed by atoms with Gasteiger partial charge in [-0.2, -0.15) is 0 Å². The van der Waals surface area contributed by atoms with Gasteiger partial charge >= 0.3 is 0 Å². The van der Waals surface area contributed by atoms with Crippen LogP contribution in [0.25, 0.3) is 0 Å². The summed E-state index contributed by atoms with van der Waals surface area (Å²) in [6, 6.07) is 0.710. The molecule has 192 valence electrons. The predicted molar refractivity (Wildman–Crippen MR) is 145 cm³/mol. The third kappa shape index (κ3) is 9.63. The summed E-state index contributed by atoms with van der Waals surface area (Å²) in [4.78, 5) is 8.05. The van der Waals surface area contributed by atoms with Gasteiger partial charge in [0.15, 0.2) is 0 Å². The zero-order chi connectivity index (χ0) is 24.2. The number of likely N-dealkylation sites (N-methyl/N-ethyl adjacent to an activating group) is 2. The van der Waals surface area contributed by atoms with Crippen molar-refractivity contribution in [3.05, 3.63) is 0 Å². The molecule has 0 amide bonds. The largest absolute Gasteiger partial charge is 0.305 e. The second kappa shape index (κ2) is 15.0. The maximum atomic E-state index is 2.82. The van der Waals surface area contributed by atoms with Crippen LogP contribution in [0.5, 0.6) is 0 Å². The fraction of sp³-hybridized carbons (Fsp3) is 1.00. The fourth-order valence-corrected chi connectivity index (χ4v) is 6.23. The van der Waals surface area contributed by atoms with Crippen molar-refractivity contribution in [3.8, 4) is 0 Å². The molecule has 1 aliphatic carbocycles. The highest BCUT2D eigenvalue weighted by atomic mass is 15.2. The van der Waals surface area contributed by atoms with Crippen molar-refractivity contribution in [2.45, 2.75) is 119 Å². The molecule has 2 unspecified atom stereocenters. The van der Waals surface area contributed by atoms with Crippen LogP contribution in [-0.4, -0.2) is 73.6 Å². The summed E-state index contributed by atoms with van der Waals surface area (Å²) < 4.78 is 0. The Morgan fingerprint density at radius 3 is 1.97 bits per heavy atom. The molecule has 1 saturated carbocycles. The summed E-state index contributed by atoms with van der Waals surface area (Å²) in [5.41, 5.74) is 1.32. The Labute approximate surface area is 203 Å². The van der Waals surface area contributed by atoms with E-state index in [1.165, 1.54) is 104 Å². The minimum Gasteiger partial charge on any atom is -0.305 e. The first kappa shape index (κ1) is 29.9. The molecule has 0 aromatic rings. The second-order valence-electron chi connectivity index (χ2n) is 11.3. The number of likely N-dealkylation sites (tertiary alicyclic amines) is 1. The Balaban J connectivity index is 0.00000249. The Kier molecular flexibility index (Phi) is 14.0. The summed E-state index contributed by atoms with van der Waals surface area (Å²) in [5, 5.41) is 0. The minimum absolute atomic E-state index is 0.602. The van der Waals surface area contributed by atoms with Gasteiger partial charge in [0.25, 0.3) is 0 Å². The maximum Gasteiger partial charge on any atom is 0.0112 e. The third-order valence-electron chi connectivity index (χ3n) is 8.76. The molecule has 1 aliphatic heterocycles. The van der Waals surface area contributed by atoms with Gasteiger partial charge in [-0.25, -0.2) is 0 Å². The van der Waals surface area contributed by atoms with Crippen LogP contribution in [0.4, 0.5) is 0 Å². The van der Waals surface area contributed by atoms with Gasteiger partial charge < -0.3 is 9.80 Å². The van der Waals surface area contributed by atoms with E-state index in [4.69, 9.17) is 0 Å². The number of rotatable bonds is 15. The number of nitrogens with zero attached hydrogens (tertiary/aromatic N) is 3. The minimum atomic E-state index is 0.602. The molecular formula is C29H61N3. The molecule has 1 saturated heterocycles. The van der Waals surface area contributed by atoms with Crippen LogP contribution in [0.15, 0.2) is 0 Å². The number of hydrogen-bond acceptors (Lipinski definition) is 3. The molecule has 0 radical (unpaired) electrons. The zero-order valence-corrected chi connectivity index (χ0v) is 23.8. The molecule has 32 heavy (non-hydrogen) atoms. The summed E-state index contributed by atoms with van der Waals surface area (Å²) in [6.45, 7) is 27.2. The van der Waals surface area contributed by atoms with Crippen LogP contribution in [0.3, 0.4) is 0 Å². The third-order valence-corrected chi connectivity index (χ3v) is 8.76. The first-order valence-corrected chi connectivity index (χ1v) is 14.5. The quantitative estimate of drug-likeness (QED) is 0.261. The van der Waals surface area contributed by atoms with Gasteiger partial charge in [0.1, 0.15) is 0 Å². The molecule has 1 heterocycles. The maximum absolute atomic E-state index is 2.82. The second-order valence-corrected chi connectivity index (χ2v) is 11.3. The molecule has 2 rings (SSSR count). The molecule has 2 aliphatic rings. The molecule has 3 heteroatoms. The molecule has 0 aromatic carbocycles. The summed E-state index contributed by atoms with van der Waals surface area (Å²) in [6.07, 6.45) is 12.7. The van der Waals surface area contributed by atoms with Gasteiger partial charge in [0.2, 0.25) is 0 Å². The van der Waals surface area contributed by atoms with E-state index in [0.29, 0.717) is 11.5 Å². The summed E-state index contributed by atoms with van der Waals surface area (Å²) in [5.74, 6) is 0.801. The summed E-state index contributed by atoms with van der Waals surface area (Å²) in [7, 11) is 2.34. The average Bonchev–Trinajstić information content (AvgIpc) is 3.55. The normalized spacial score (nSPS) is 21.8. The average molecular weight is 452 g/mol. The lowest BCUT2D eigenvalue weighted by molar-refractivity contribution is 0.0588. The van der Waals surface area contributed by atoms with Crippen molar-refractivity contribution in [3.63, 3.8) is 0 Å². The van der Waals surface area contributed by atoms with E-state index >= 15 is 0 Å². The van der Waals surface area contributed by atoms with Crippen LogP contribution >= 0.6 is 0 Å². The lowest BCUT2D eigenvalue weighted by Crippen LogP contribution is -2.44. The lowest BCUT2D eigenvalue weighted by Gasteiger charge is -2.44. The van der Waals surface area contributed by atoms with Crippen LogP contribution in [0, 0.1) is 16.7 Å². The van der Waals surface area contributed by atoms with Gasteiger partial charge in [-0.15, -0.1) is 0 Å². The number of piperidine rings is 1. The van der Waals surface area contributed by atoms with E-state index < -0.39 is 0 Å². The predicted octanol–water partition coefficient (Wildman–Crippen LogP) is 7.16. The van der Waals surface area contributed by atoms with Gasteiger partial charge in [-0.3, -0.25) is 4.90 Å². The van der Waals surface area contributed by atoms with E-state index in [9.17, 15) is 0 Å². The van der Waals surface area contributed by atoms with Gasteiger partial charge in [0.05, 0.1) is 0 Å². The Bertz CT molecular complexity index is 465. The molecule has 2 atom stereocenters. The molecule has 3 nitrogen and oxygen atoms in total. The highest BCUT2D eigenvalue weighted by Crippen LogP contribution is 2.51. The van der Waals surface area contributed by atoms with Crippen molar-refractivity contribution in [2.75, 3.05) is 52.9 Å². The standard InChI is InChI=1S/C27H55N3.C2H6/c1-8-12-27(13-14-27)23-29-17-15-26(10-3,16-18-29)21-24(5)22-28(7)19-20-30(11-4)25(6)9-2;1-2/h24-25H,8-23H2,1-7H3;1-2H3. The highest BCUT2D eigenvalue weighted by Gasteiger charge is 2.44. The fourth-order valence-electron chi connectivity index (χ4n) is 6.23. The molecular weight excluding hydrogens is 390 g/mol. The summed E-state index contributed by atoms with van der Waals surface area (Å²) >= 11 is 0. The van der Waals surface area contributed by atoms with E-state index in [1.807, 2.05) is 13.8 Å². The molecule has 0 aromatic heterocycles. The van der Waals surface area contributed by atoms with Gasteiger partial charge in [-0.05, 0) is 95.3 Å². The van der Waals surface area contributed by atoms with Gasteiger partial charge in [-0.1, -0.05) is 61.3 Å². The molecule has 0 N–H and O–H groups in total. The lowest BCUT2D eigenvalue weighted by atomic mass is 9.70. The topological polar surface area (TPSA) is 9.72 Å². The number of hydrogen-bond donors (Lipinski definition) is 0. The van der Waals surface area contributed by atoms with Crippen LogP contribution in [0.1, 0.15) is 113 Å². The van der Waals surface area contributed by atoms with Crippen molar-refractivity contribution in [1.82, 2.24) is 14.7 Å². The molecule has 0 spiro atoms. The van der Waals surface area contributed by atoms with E-state index in [2.05, 4.69) is 63.3 Å². The van der Waals surface area contributed by atoms with Crippen molar-refractivity contribution < 1.29 is 0 Å². The van der Waals surface area contributed by atoms with Crippen molar-refractivity contribution in [2.24, 2.45) is 16.7 Å². The molecule has 0 bridgehead atoms. The van der Waals surface area contributed by atoms with Gasteiger partial charge in [0, 0.05) is 32.2 Å². The van der Waals surface area contributed by atoms with E-state index in [1.54, 1.807) is 0 Å². The Hall–Kier alpha value is -0.120. The Morgan fingerprint density at radius 2 is 1.50 bits per heavy atom. The van der Waals surface area contributed by atoms with Crippen LogP contribution in [-0.2, 0) is 0 Å². The highest BCUT2D eigenvalue weighted by molar-refractivity contribution is 4.97. The van der Waals surface area contributed by atoms with Crippen LogP contribution < -0.4 is 0 Å². The Morgan fingerprint density at radius 1 is 0.875 bits per heavy atom. The monoisotopic (exact) mass is 451 g/mol. The van der Waals surface area contributed by atoms with E-state index in [0.717, 1.165) is 11.3 Å². The van der Waals surface area contributed by atoms with Crippen molar-refractivity contribution in [1.29, 1.82) is 0 Å². The smallest absolute Gasteiger partial charge is 0.0112 e. The zero-order valence-electron chi connectivity index (χ0n) is 23.8.